The number of carbonyl (C=O) groups is 3. The van der Waals surface area contributed by atoms with Crippen molar-refractivity contribution in [1.29, 1.82) is 0 Å². The number of rotatable bonds is 10. The molecule has 2 rings (SSSR count). The molecule has 1 aliphatic rings. The van der Waals surface area contributed by atoms with Gasteiger partial charge in [-0.05, 0) is 24.4 Å². The third-order valence-corrected chi connectivity index (χ3v) is 5.14. The summed E-state index contributed by atoms with van der Waals surface area (Å²) in [7, 11) is -1.56. The van der Waals surface area contributed by atoms with Gasteiger partial charge in [0.05, 0.1) is 13.1 Å². The number of aromatic hydroxyl groups is 1. The van der Waals surface area contributed by atoms with Crippen molar-refractivity contribution in [2.24, 2.45) is 11.8 Å². The quantitative estimate of drug-likeness (QED) is 0.409. The fourth-order valence-corrected chi connectivity index (χ4v) is 3.22. The Labute approximate surface area is 175 Å². The number of hydrogen-bond donors (Lipinski definition) is 4. The smallest absolute Gasteiger partial charge is 0.451 e. The van der Waals surface area contributed by atoms with Crippen molar-refractivity contribution in [3.8, 4) is 11.5 Å². The summed E-state index contributed by atoms with van der Waals surface area (Å²) in [4.78, 5) is 37.4. The van der Waals surface area contributed by atoms with E-state index in [0.717, 1.165) is 0 Å². The van der Waals surface area contributed by atoms with Gasteiger partial charge < -0.3 is 29.9 Å². The fourth-order valence-electron chi connectivity index (χ4n) is 3.22. The van der Waals surface area contributed by atoms with E-state index in [9.17, 15) is 24.6 Å². The molecule has 0 saturated carbocycles. The Kier molecular flexibility index (Phi) is 7.86. The Balaban J connectivity index is 2.00. The number of benzene rings is 1. The maximum Gasteiger partial charge on any atom is 0.451 e. The Hall–Kier alpha value is -2.59. The maximum absolute atomic E-state index is 12.4. The first-order chi connectivity index (χ1) is 14.0. The van der Waals surface area contributed by atoms with E-state index >= 15 is 0 Å². The molecule has 0 aliphatic carbocycles. The lowest BCUT2D eigenvalue weighted by Crippen LogP contribution is -2.57. The summed E-state index contributed by atoms with van der Waals surface area (Å²) in [6.45, 7) is 5.81. The van der Waals surface area contributed by atoms with Gasteiger partial charge in [0.2, 0.25) is 5.91 Å². The van der Waals surface area contributed by atoms with E-state index in [1.54, 1.807) is 25.7 Å². The minimum atomic E-state index is -1.56. The van der Waals surface area contributed by atoms with E-state index in [-0.39, 0.29) is 61.2 Å². The summed E-state index contributed by atoms with van der Waals surface area (Å²) in [6, 6.07) is 2.89. The van der Waals surface area contributed by atoms with Crippen molar-refractivity contribution in [3.05, 3.63) is 23.3 Å². The third kappa shape index (κ3) is 5.73. The molecule has 0 bridgehead atoms. The average molecular weight is 421 g/mol. The van der Waals surface area contributed by atoms with Crippen LogP contribution in [-0.4, -0.2) is 69.1 Å². The van der Waals surface area contributed by atoms with Crippen LogP contribution < -0.4 is 4.74 Å². The number of nitrogens with zero attached hydrogens (tertiary/aromatic N) is 1. The predicted octanol–water partition coefficient (Wildman–Crippen LogP) is 0.947. The number of ketones is 1. The Morgan fingerprint density at radius 3 is 2.37 bits per heavy atom. The molecule has 9 nitrogen and oxygen atoms in total. The van der Waals surface area contributed by atoms with Crippen LogP contribution in [-0.2, 0) is 16.0 Å². The standard InChI is InChI=1S/C20H28BNO8/c1-11(2)15(23)8-12(3)19(25)22-9-14(10-22)30-16-5-4-13(6-7-21(28)29)18(24)17(16)20(26)27/h4-5,11-12,14,24,28-29H,6-10H2,1-3H3,(H,26,27). The van der Waals surface area contributed by atoms with Gasteiger partial charge in [-0.3, -0.25) is 9.59 Å². The van der Waals surface area contributed by atoms with E-state index in [2.05, 4.69) is 0 Å². The van der Waals surface area contributed by atoms with Crippen molar-refractivity contribution < 1.29 is 39.4 Å². The van der Waals surface area contributed by atoms with Gasteiger partial charge in [0.15, 0.2) is 0 Å². The summed E-state index contributed by atoms with van der Waals surface area (Å²) < 4.78 is 5.68. The summed E-state index contributed by atoms with van der Waals surface area (Å²) in [6.07, 6.45) is -0.212. The van der Waals surface area contributed by atoms with Crippen LogP contribution in [0.4, 0.5) is 0 Å². The molecule has 4 N–H and O–H groups in total. The highest BCUT2D eigenvalue weighted by Crippen LogP contribution is 2.34. The van der Waals surface area contributed by atoms with Crippen LogP contribution in [0.1, 0.15) is 43.1 Å². The van der Waals surface area contributed by atoms with Crippen LogP contribution in [0.3, 0.4) is 0 Å². The molecule has 10 heteroatoms. The number of hydrogen-bond acceptors (Lipinski definition) is 7. The first kappa shape index (κ1) is 23.7. The number of likely N-dealkylation sites (tertiary alicyclic amines) is 1. The molecule has 0 aromatic heterocycles. The molecule has 30 heavy (non-hydrogen) atoms. The van der Waals surface area contributed by atoms with E-state index < -0.39 is 36.4 Å². The predicted molar refractivity (Wildman–Crippen MR) is 108 cm³/mol. The molecule has 0 spiro atoms. The molecular weight excluding hydrogens is 393 g/mol. The lowest BCUT2D eigenvalue weighted by Gasteiger charge is -2.40. The molecule has 1 atom stereocenters. The van der Waals surface area contributed by atoms with Gasteiger partial charge in [-0.25, -0.2) is 4.79 Å². The number of carboxylic acid groups (broad SMARTS) is 1. The lowest BCUT2D eigenvalue weighted by atomic mass is 9.82. The van der Waals surface area contributed by atoms with E-state index in [1.807, 2.05) is 0 Å². The molecule has 1 unspecified atom stereocenters. The number of aryl methyl sites for hydroxylation is 1. The van der Waals surface area contributed by atoms with Crippen LogP contribution in [0.25, 0.3) is 0 Å². The highest BCUT2D eigenvalue weighted by atomic mass is 16.5. The van der Waals surface area contributed by atoms with Gasteiger partial charge in [-0.2, -0.15) is 0 Å². The number of phenols is 1. The molecule has 1 fully saturated rings. The third-order valence-electron chi connectivity index (χ3n) is 5.14. The maximum atomic E-state index is 12.4. The molecule has 1 heterocycles. The van der Waals surface area contributed by atoms with Gasteiger partial charge in [-0.1, -0.05) is 26.8 Å². The van der Waals surface area contributed by atoms with Gasteiger partial charge >= 0.3 is 13.1 Å². The number of aromatic carboxylic acids is 1. The van der Waals surface area contributed by atoms with Crippen LogP contribution in [0.5, 0.6) is 11.5 Å². The molecule has 1 amide bonds. The van der Waals surface area contributed by atoms with E-state index in [4.69, 9.17) is 14.8 Å². The topological polar surface area (TPSA) is 145 Å². The number of amides is 1. The zero-order chi connectivity index (χ0) is 22.6. The van der Waals surface area contributed by atoms with Crippen LogP contribution in [0, 0.1) is 11.8 Å². The molecule has 1 aliphatic heterocycles. The van der Waals surface area contributed by atoms with Crippen LogP contribution in [0.15, 0.2) is 12.1 Å². The van der Waals surface area contributed by atoms with Gasteiger partial charge in [0.1, 0.15) is 28.9 Å². The summed E-state index contributed by atoms with van der Waals surface area (Å²) in [5, 5.41) is 37.7. The Bertz CT molecular complexity index is 804. The highest BCUT2D eigenvalue weighted by molar-refractivity contribution is 6.41. The van der Waals surface area contributed by atoms with Gasteiger partial charge in [-0.15, -0.1) is 0 Å². The molecule has 164 valence electrons. The number of Topliss-reactive ketones (excluding diaryl/α,β-unsaturated/α-hetero) is 1. The molecule has 1 saturated heterocycles. The van der Waals surface area contributed by atoms with Crippen LogP contribution in [0.2, 0.25) is 6.32 Å². The summed E-state index contributed by atoms with van der Waals surface area (Å²) >= 11 is 0. The minimum Gasteiger partial charge on any atom is -0.507 e. The first-order valence-corrected chi connectivity index (χ1v) is 9.93. The average Bonchev–Trinajstić information content (AvgIpc) is 2.62. The summed E-state index contributed by atoms with van der Waals surface area (Å²) in [5.74, 6) is -2.55. The second-order valence-corrected chi connectivity index (χ2v) is 7.98. The van der Waals surface area contributed by atoms with Crippen molar-refractivity contribution >= 4 is 24.8 Å². The summed E-state index contributed by atoms with van der Waals surface area (Å²) in [5.41, 5.74) is -0.137. The molecule has 1 aromatic carbocycles. The largest absolute Gasteiger partial charge is 0.507 e. The van der Waals surface area contributed by atoms with Crippen molar-refractivity contribution in [2.45, 2.75) is 46.0 Å². The van der Waals surface area contributed by atoms with Crippen LogP contribution >= 0.6 is 0 Å². The monoisotopic (exact) mass is 421 g/mol. The number of carbonyl (C=O) groups excluding carboxylic acids is 2. The Morgan fingerprint density at radius 1 is 1.20 bits per heavy atom. The Morgan fingerprint density at radius 2 is 1.83 bits per heavy atom. The van der Waals surface area contributed by atoms with Crippen molar-refractivity contribution in [3.63, 3.8) is 0 Å². The lowest BCUT2D eigenvalue weighted by molar-refractivity contribution is -0.145. The second-order valence-electron chi connectivity index (χ2n) is 7.98. The fraction of sp³-hybridized carbons (Fsp3) is 0.550. The zero-order valence-corrected chi connectivity index (χ0v) is 17.4. The SMILES string of the molecule is CC(C)C(=O)CC(C)C(=O)N1CC(Oc2ccc(CCB(O)O)c(O)c2C(=O)O)C1. The van der Waals surface area contributed by atoms with E-state index in [0.29, 0.717) is 0 Å². The van der Waals surface area contributed by atoms with E-state index in [1.165, 1.54) is 12.1 Å². The van der Waals surface area contributed by atoms with Gasteiger partial charge in [0, 0.05) is 18.3 Å². The molecular formula is C20H28BNO8. The highest BCUT2D eigenvalue weighted by Gasteiger charge is 2.36. The van der Waals surface area contributed by atoms with Crippen molar-refractivity contribution in [1.82, 2.24) is 4.90 Å². The van der Waals surface area contributed by atoms with Gasteiger partial charge in [0.25, 0.3) is 0 Å². The normalized spacial score (nSPS) is 14.9. The molecule has 1 aromatic rings. The zero-order valence-electron chi connectivity index (χ0n) is 17.4. The number of ether oxygens (including phenoxy) is 1. The number of carboxylic acids is 1. The molecule has 0 radical (unpaired) electrons. The minimum absolute atomic E-state index is 0.0200. The second kappa shape index (κ2) is 9.95. The first-order valence-electron chi connectivity index (χ1n) is 9.93. The van der Waals surface area contributed by atoms with Crippen molar-refractivity contribution in [2.75, 3.05) is 13.1 Å².